The largest absolute Gasteiger partial charge is 0.465 e. The van der Waals surface area contributed by atoms with Crippen LogP contribution >= 0.6 is 11.3 Å². The van der Waals surface area contributed by atoms with Gasteiger partial charge in [0.1, 0.15) is 10.7 Å². The van der Waals surface area contributed by atoms with Crippen LogP contribution in [0.25, 0.3) is 0 Å². The first-order chi connectivity index (χ1) is 12.0. The van der Waals surface area contributed by atoms with E-state index in [0.717, 1.165) is 42.6 Å². The third-order valence-corrected chi connectivity index (χ3v) is 5.89. The van der Waals surface area contributed by atoms with Crippen molar-refractivity contribution in [2.75, 3.05) is 13.7 Å². The van der Waals surface area contributed by atoms with E-state index in [0.29, 0.717) is 16.3 Å². The molecular formula is C19H20FNO3S. The van der Waals surface area contributed by atoms with Gasteiger partial charge in [-0.05, 0) is 42.7 Å². The van der Waals surface area contributed by atoms with Gasteiger partial charge in [-0.2, -0.15) is 0 Å². The van der Waals surface area contributed by atoms with Gasteiger partial charge >= 0.3 is 5.97 Å². The van der Waals surface area contributed by atoms with E-state index in [1.54, 1.807) is 12.1 Å². The van der Waals surface area contributed by atoms with Crippen molar-refractivity contribution >= 4 is 23.2 Å². The first-order valence-corrected chi connectivity index (χ1v) is 9.08. The summed E-state index contributed by atoms with van der Waals surface area (Å²) in [5.41, 5.74) is 0.916. The molecule has 1 amide bonds. The average Bonchev–Trinajstić information content (AvgIpc) is 3.30. The molecule has 2 aromatic rings. The summed E-state index contributed by atoms with van der Waals surface area (Å²) in [5.74, 6) is -0.897. The molecule has 0 atom stereocenters. The molecular weight excluding hydrogens is 341 g/mol. The predicted molar refractivity (Wildman–Crippen MR) is 94.5 cm³/mol. The van der Waals surface area contributed by atoms with Gasteiger partial charge < -0.3 is 10.1 Å². The van der Waals surface area contributed by atoms with Gasteiger partial charge in [0.15, 0.2) is 0 Å². The molecule has 0 saturated heterocycles. The van der Waals surface area contributed by atoms with Crippen molar-refractivity contribution < 1.29 is 18.7 Å². The van der Waals surface area contributed by atoms with E-state index in [9.17, 15) is 14.0 Å². The summed E-state index contributed by atoms with van der Waals surface area (Å²) >= 11 is 1.12. The number of nitrogens with one attached hydrogen (secondary N) is 1. The van der Waals surface area contributed by atoms with Crippen LogP contribution in [0.4, 0.5) is 4.39 Å². The van der Waals surface area contributed by atoms with E-state index in [4.69, 9.17) is 0 Å². The highest BCUT2D eigenvalue weighted by atomic mass is 32.1. The standard InChI is InChI=1S/C19H20FNO3S/c1-24-18(23)16-9-8-15(25-16)17(22)21-12-19(10-2-3-11-19)13-4-6-14(20)7-5-13/h4-9H,2-3,10-12H2,1H3,(H,21,22). The lowest BCUT2D eigenvalue weighted by molar-refractivity contribution is 0.0606. The van der Waals surface area contributed by atoms with Crippen molar-refractivity contribution in [3.8, 4) is 0 Å². The molecule has 1 aromatic carbocycles. The highest BCUT2D eigenvalue weighted by molar-refractivity contribution is 7.15. The fourth-order valence-electron chi connectivity index (χ4n) is 3.43. The van der Waals surface area contributed by atoms with E-state index in [2.05, 4.69) is 10.1 Å². The normalized spacial score (nSPS) is 15.8. The number of benzene rings is 1. The van der Waals surface area contributed by atoms with Crippen molar-refractivity contribution in [2.24, 2.45) is 0 Å². The Hall–Kier alpha value is -2.21. The number of amides is 1. The lowest BCUT2D eigenvalue weighted by Gasteiger charge is -2.30. The molecule has 0 aliphatic heterocycles. The summed E-state index contributed by atoms with van der Waals surface area (Å²) in [7, 11) is 1.31. The summed E-state index contributed by atoms with van der Waals surface area (Å²) in [6.07, 6.45) is 4.13. The third-order valence-electron chi connectivity index (χ3n) is 4.82. The average molecular weight is 361 g/mol. The van der Waals surface area contributed by atoms with Crippen LogP contribution in [0.1, 0.15) is 50.6 Å². The molecule has 132 valence electrons. The predicted octanol–water partition coefficient (Wildman–Crippen LogP) is 3.92. The molecule has 0 bridgehead atoms. The number of halogens is 1. The molecule has 0 spiro atoms. The second-order valence-corrected chi connectivity index (χ2v) is 7.42. The fraction of sp³-hybridized carbons (Fsp3) is 0.368. The SMILES string of the molecule is COC(=O)c1ccc(C(=O)NCC2(c3ccc(F)cc3)CCCC2)s1. The van der Waals surface area contributed by atoms with Crippen molar-refractivity contribution in [3.05, 3.63) is 57.5 Å². The van der Waals surface area contributed by atoms with Crippen molar-refractivity contribution in [1.82, 2.24) is 5.32 Å². The van der Waals surface area contributed by atoms with E-state index in [-0.39, 0.29) is 17.1 Å². The molecule has 1 aliphatic carbocycles. The van der Waals surface area contributed by atoms with Crippen LogP contribution in [0, 0.1) is 5.82 Å². The fourth-order valence-corrected chi connectivity index (χ4v) is 4.27. The number of thiophene rings is 1. The number of carbonyl (C=O) groups is 2. The Morgan fingerprint density at radius 2 is 1.76 bits per heavy atom. The summed E-state index contributed by atoms with van der Waals surface area (Å²) in [4.78, 5) is 24.8. The Bertz CT molecular complexity index is 763. The molecule has 1 N–H and O–H groups in total. The molecule has 6 heteroatoms. The molecule has 1 aromatic heterocycles. The monoisotopic (exact) mass is 361 g/mol. The lowest BCUT2D eigenvalue weighted by Crippen LogP contribution is -2.38. The molecule has 0 unspecified atom stereocenters. The van der Waals surface area contributed by atoms with Gasteiger partial charge in [-0.25, -0.2) is 9.18 Å². The Labute approximate surface area is 150 Å². The van der Waals surface area contributed by atoms with Crippen LogP contribution in [-0.2, 0) is 10.2 Å². The molecule has 3 rings (SSSR count). The Morgan fingerprint density at radius 1 is 1.12 bits per heavy atom. The van der Waals surface area contributed by atoms with Crippen molar-refractivity contribution in [2.45, 2.75) is 31.1 Å². The summed E-state index contributed by atoms with van der Waals surface area (Å²) < 4.78 is 17.9. The number of esters is 1. The highest BCUT2D eigenvalue weighted by Crippen LogP contribution is 2.40. The summed E-state index contributed by atoms with van der Waals surface area (Å²) in [6.45, 7) is 0.503. The molecule has 4 nitrogen and oxygen atoms in total. The van der Waals surface area contributed by atoms with Crippen LogP contribution in [0.3, 0.4) is 0 Å². The third kappa shape index (κ3) is 3.74. The van der Waals surface area contributed by atoms with Gasteiger partial charge in [0, 0.05) is 12.0 Å². The number of ether oxygens (including phenoxy) is 1. The second kappa shape index (κ2) is 7.35. The van der Waals surface area contributed by atoms with Crippen molar-refractivity contribution in [1.29, 1.82) is 0 Å². The highest BCUT2D eigenvalue weighted by Gasteiger charge is 2.36. The van der Waals surface area contributed by atoms with Gasteiger partial charge in [0.25, 0.3) is 5.91 Å². The topological polar surface area (TPSA) is 55.4 Å². The molecule has 1 fully saturated rings. The second-order valence-electron chi connectivity index (χ2n) is 6.33. The van der Waals surface area contributed by atoms with Crippen molar-refractivity contribution in [3.63, 3.8) is 0 Å². The summed E-state index contributed by atoms with van der Waals surface area (Å²) in [6, 6.07) is 9.79. The maximum absolute atomic E-state index is 13.2. The number of carbonyl (C=O) groups excluding carboxylic acids is 2. The Kier molecular flexibility index (Phi) is 5.18. The zero-order valence-electron chi connectivity index (χ0n) is 14.0. The van der Waals surface area contributed by atoms with Gasteiger partial charge in [0.05, 0.1) is 12.0 Å². The molecule has 1 aliphatic rings. The first kappa shape index (κ1) is 17.6. The van der Waals surface area contributed by atoms with E-state index in [1.807, 2.05) is 12.1 Å². The quantitative estimate of drug-likeness (QED) is 0.822. The van der Waals surface area contributed by atoms with Gasteiger partial charge in [-0.3, -0.25) is 4.79 Å². The number of hydrogen-bond acceptors (Lipinski definition) is 4. The van der Waals surface area contributed by atoms with E-state index < -0.39 is 5.97 Å². The lowest BCUT2D eigenvalue weighted by atomic mass is 9.79. The smallest absolute Gasteiger partial charge is 0.348 e. The number of rotatable bonds is 5. The minimum absolute atomic E-state index is 0.147. The molecule has 25 heavy (non-hydrogen) atoms. The van der Waals surface area contributed by atoms with Crippen LogP contribution in [-0.4, -0.2) is 25.5 Å². The van der Waals surface area contributed by atoms with Crippen LogP contribution in [0.2, 0.25) is 0 Å². The first-order valence-electron chi connectivity index (χ1n) is 8.26. The van der Waals surface area contributed by atoms with Gasteiger partial charge in [-0.15, -0.1) is 11.3 Å². The van der Waals surface area contributed by atoms with E-state index >= 15 is 0 Å². The van der Waals surface area contributed by atoms with Gasteiger partial charge in [-0.1, -0.05) is 25.0 Å². The zero-order valence-corrected chi connectivity index (χ0v) is 14.8. The molecule has 0 radical (unpaired) electrons. The van der Waals surface area contributed by atoms with E-state index in [1.165, 1.54) is 19.2 Å². The zero-order chi connectivity index (χ0) is 17.9. The molecule has 1 heterocycles. The summed E-state index contributed by atoms with van der Waals surface area (Å²) in [5, 5.41) is 2.99. The number of methoxy groups -OCH3 is 1. The maximum atomic E-state index is 13.2. The Morgan fingerprint density at radius 3 is 2.40 bits per heavy atom. The van der Waals surface area contributed by atoms with Crippen LogP contribution in [0.15, 0.2) is 36.4 Å². The minimum atomic E-state index is -0.442. The van der Waals surface area contributed by atoms with Crippen LogP contribution < -0.4 is 5.32 Å². The minimum Gasteiger partial charge on any atom is -0.465 e. The van der Waals surface area contributed by atoms with Crippen LogP contribution in [0.5, 0.6) is 0 Å². The maximum Gasteiger partial charge on any atom is 0.348 e. The van der Waals surface area contributed by atoms with Gasteiger partial charge in [0.2, 0.25) is 0 Å². The number of hydrogen-bond donors (Lipinski definition) is 1. The Balaban J connectivity index is 1.71. The molecule has 1 saturated carbocycles.